The Hall–Kier alpha value is -4.32. The van der Waals surface area contributed by atoms with Crippen LogP contribution in [0.15, 0.2) is 154 Å². The molecule has 3 nitrogen and oxygen atoms in total. The molecule has 0 amide bonds. The molecule has 0 unspecified atom stereocenters. The van der Waals surface area contributed by atoms with E-state index >= 15 is 0 Å². The number of fused-ring (bicyclic) bond motifs is 2. The van der Waals surface area contributed by atoms with E-state index in [0.717, 1.165) is 24.2 Å². The zero-order valence-corrected chi connectivity index (χ0v) is 25.4. The second-order valence-electron chi connectivity index (χ2n) is 10.5. The van der Waals surface area contributed by atoms with Crippen molar-refractivity contribution >= 4 is 56.5 Å². The number of thioether (sulfide) groups is 1. The maximum atomic E-state index is 2.43. The van der Waals surface area contributed by atoms with E-state index in [2.05, 4.69) is 162 Å². The van der Waals surface area contributed by atoms with E-state index in [0.29, 0.717) is 0 Å². The third-order valence-corrected chi connectivity index (χ3v) is 10.3. The van der Waals surface area contributed by atoms with Gasteiger partial charge in [-0.05, 0) is 78.6 Å². The molecule has 1 aliphatic carbocycles. The first-order chi connectivity index (χ1) is 20.7. The van der Waals surface area contributed by atoms with Crippen LogP contribution in [0.4, 0.5) is 17.1 Å². The summed E-state index contributed by atoms with van der Waals surface area (Å²) >= 11 is 3.68. The maximum absolute atomic E-state index is 2.43. The molecule has 0 saturated carbocycles. The topological polar surface area (TPSA) is 10.4 Å². The Bertz CT molecular complexity index is 1840. The van der Waals surface area contributed by atoms with Crippen molar-refractivity contribution in [1.82, 2.24) is 0 Å². The highest BCUT2D eigenvalue weighted by molar-refractivity contribution is 8.03. The lowest BCUT2D eigenvalue weighted by Crippen LogP contribution is -2.28. The number of thiazole rings is 1. The fourth-order valence-electron chi connectivity index (χ4n) is 5.76. The van der Waals surface area contributed by atoms with Crippen molar-refractivity contribution in [1.29, 1.82) is 0 Å². The zero-order chi connectivity index (χ0) is 28.5. The average molecular weight is 583 g/mol. The monoisotopic (exact) mass is 582 g/mol. The summed E-state index contributed by atoms with van der Waals surface area (Å²) in [6.07, 6.45) is 11.3. The number of nitrogens with zero attached hydrogens (tertiary/aromatic N) is 3. The van der Waals surface area contributed by atoms with Crippen molar-refractivity contribution in [3.8, 4) is 0 Å². The van der Waals surface area contributed by atoms with Crippen LogP contribution >= 0.6 is 23.1 Å². The minimum Gasteiger partial charge on any atom is -0.338 e. The van der Waals surface area contributed by atoms with Crippen LogP contribution in [0.1, 0.15) is 17.8 Å². The first kappa shape index (κ1) is 26.6. The standard InChI is InChI=1S/C37H32N3S2/c1-38-31-17-9-11-19-33(31)41-35(38)25-23-27-21-22-28(24-26-36-39(2)32-18-10-12-20-34(32)42-36)37(27)40(29-13-5-3-6-14-29)30-15-7-4-8-16-30/h3-20,23-26H,21-22H2,1-2H3/q+1. The van der Waals surface area contributed by atoms with E-state index in [-0.39, 0.29) is 0 Å². The van der Waals surface area contributed by atoms with Gasteiger partial charge in [-0.1, -0.05) is 89.8 Å². The summed E-state index contributed by atoms with van der Waals surface area (Å²) in [6.45, 7) is 0. The van der Waals surface area contributed by atoms with E-state index < -0.39 is 0 Å². The Kier molecular flexibility index (Phi) is 7.28. The van der Waals surface area contributed by atoms with Gasteiger partial charge in [0.2, 0.25) is 5.52 Å². The van der Waals surface area contributed by atoms with E-state index in [1.165, 1.54) is 47.7 Å². The molecule has 5 heteroatoms. The Morgan fingerprint density at radius 2 is 1.40 bits per heavy atom. The van der Waals surface area contributed by atoms with Gasteiger partial charge >= 0.3 is 0 Å². The molecule has 1 aliphatic heterocycles. The van der Waals surface area contributed by atoms with Gasteiger partial charge in [-0.25, -0.2) is 0 Å². The van der Waals surface area contributed by atoms with E-state index in [4.69, 9.17) is 0 Å². The first-order valence-corrected chi connectivity index (χ1v) is 15.9. The highest BCUT2D eigenvalue weighted by Gasteiger charge is 2.27. The van der Waals surface area contributed by atoms with Crippen molar-refractivity contribution < 1.29 is 4.57 Å². The lowest BCUT2D eigenvalue weighted by molar-refractivity contribution is -0.642. The number of aromatic nitrogens is 1. The van der Waals surface area contributed by atoms with Crippen molar-refractivity contribution in [2.75, 3.05) is 16.8 Å². The Morgan fingerprint density at radius 3 is 2.12 bits per heavy atom. The molecule has 0 bridgehead atoms. The van der Waals surface area contributed by atoms with Crippen molar-refractivity contribution in [2.45, 2.75) is 17.7 Å². The minimum absolute atomic E-state index is 0.995. The molecule has 0 N–H and O–H groups in total. The van der Waals surface area contributed by atoms with Crippen molar-refractivity contribution in [3.63, 3.8) is 0 Å². The quantitative estimate of drug-likeness (QED) is 0.185. The van der Waals surface area contributed by atoms with E-state index in [1.807, 2.05) is 23.1 Å². The molecule has 2 heterocycles. The molecule has 0 radical (unpaired) electrons. The van der Waals surface area contributed by atoms with Crippen LogP contribution in [0, 0.1) is 0 Å². The molecule has 0 fully saturated rings. The fraction of sp³-hybridized carbons (Fsp3) is 0.108. The van der Waals surface area contributed by atoms with Gasteiger partial charge in [-0.3, -0.25) is 0 Å². The summed E-state index contributed by atoms with van der Waals surface area (Å²) in [5.74, 6) is 0. The number of para-hydroxylation sites is 4. The summed E-state index contributed by atoms with van der Waals surface area (Å²) in [6, 6.07) is 38.8. The van der Waals surface area contributed by atoms with Gasteiger partial charge in [0.25, 0.3) is 5.01 Å². The zero-order valence-electron chi connectivity index (χ0n) is 23.8. The molecule has 1 aromatic heterocycles. The predicted molar refractivity (Wildman–Crippen MR) is 180 cm³/mol. The SMILES string of the molecule is CN1/C(=C/C=C2\CCC(/C=C/c3sc4ccccc4[n+]3C)=C2N(c2ccccc2)c2ccccc2)Sc2ccccc21. The van der Waals surface area contributed by atoms with Crippen LogP contribution in [0.2, 0.25) is 0 Å². The molecule has 5 aromatic rings. The largest absolute Gasteiger partial charge is 0.338 e. The molecule has 7 rings (SSSR count). The van der Waals surface area contributed by atoms with Crippen LogP contribution in [0.3, 0.4) is 0 Å². The van der Waals surface area contributed by atoms with Gasteiger partial charge in [0.15, 0.2) is 0 Å². The lowest BCUT2D eigenvalue weighted by Gasteiger charge is -2.28. The first-order valence-electron chi connectivity index (χ1n) is 14.3. The van der Waals surface area contributed by atoms with Crippen LogP contribution < -0.4 is 14.4 Å². The van der Waals surface area contributed by atoms with Gasteiger partial charge in [0.05, 0.1) is 16.4 Å². The van der Waals surface area contributed by atoms with Gasteiger partial charge in [-0.15, -0.1) is 0 Å². The summed E-state index contributed by atoms with van der Waals surface area (Å²) in [5, 5.41) is 2.49. The second kappa shape index (κ2) is 11.5. The normalized spacial score (nSPS) is 16.9. The number of allylic oxidation sites excluding steroid dienone is 5. The van der Waals surface area contributed by atoms with E-state index in [9.17, 15) is 0 Å². The van der Waals surface area contributed by atoms with Crippen molar-refractivity contribution in [2.24, 2.45) is 7.05 Å². The molecule has 0 atom stereocenters. The maximum Gasteiger partial charge on any atom is 0.262 e. The Labute approximate surface area is 256 Å². The third kappa shape index (κ3) is 5.00. The molecular formula is C37H32N3S2+. The van der Waals surface area contributed by atoms with Gasteiger partial charge in [-0.2, -0.15) is 4.57 Å². The minimum atomic E-state index is 0.995. The van der Waals surface area contributed by atoms with Crippen LogP contribution in [-0.4, -0.2) is 7.05 Å². The number of rotatable bonds is 6. The average Bonchev–Trinajstić information content (AvgIpc) is 3.69. The van der Waals surface area contributed by atoms with Crippen LogP contribution in [0.25, 0.3) is 16.3 Å². The number of aryl methyl sites for hydroxylation is 1. The predicted octanol–water partition coefficient (Wildman–Crippen LogP) is 9.64. The summed E-state index contributed by atoms with van der Waals surface area (Å²) in [4.78, 5) is 6.04. The highest BCUT2D eigenvalue weighted by Crippen LogP contribution is 2.46. The third-order valence-electron chi connectivity index (χ3n) is 7.92. The number of anilines is 3. The van der Waals surface area contributed by atoms with E-state index in [1.54, 1.807) is 0 Å². The number of benzene rings is 4. The molecule has 42 heavy (non-hydrogen) atoms. The molecule has 0 saturated heterocycles. The van der Waals surface area contributed by atoms with Gasteiger partial charge < -0.3 is 9.80 Å². The second-order valence-corrected chi connectivity index (χ2v) is 12.6. The van der Waals surface area contributed by atoms with Crippen LogP contribution in [-0.2, 0) is 7.05 Å². The number of hydrogen-bond acceptors (Lipinski definition) is 4. The lowest BCUT2D eigenvalue weighted by atomic mass is 10.1. The number of hydrogen-bond donors (Lipinski definition) is 0. The molecule has 0 spiro atoms. The Balaban J connectivity index is 1.35. The van der Waals surface area contributed by atoms with Gasteiger partial charge in [0, 0.05) is 35.5 Å². The summed E-state index contributed by atoms with van der Waals surface area (Å²) < 4.78 is 3.60. The smallest absolute Gasteiger partial charge is 0.262 e. The molecular weight excluding hydrogens is 551 g/mol. The molecule has 2 aliphatic rings. The highest BCUT2D eigenvalue weighted by atomic mass is 32.2. The molecule has 4 aromatic carbocycles. The Morgan fingerprint density at radius 1 is 0.738 bits per heavy atom. The van der Waals surface area contributed by atoms with Gasteiger partial charge in [0.1, 0.15) is 11.7 Å². The fourth-order valence-corrected chi connectivity index (χ4v) is 7.87. The molecule has 206 valence electrons. The summed E-state index contributed by atoms with van der Waals surface area (Å²) in [7, 11) is 4.32. The van der Waals surface area contributed by atoms with Crippen LogP contribution in [0.5, 0.6) is 0 Å². The summed E-state index contributed by atoms with van der Waals surface area (Å²) in [5.41, 5.74) is 8.83. The van der Waals surface area contributed by atoms with Crippen molar-refractivity contribution in [3.05, 3.63) is 154 Å².